The predicted molar refractivity (Wildman–Crippen MR) is 120 cm³/mol. The fourth-order valence-electron chi connectivity index (χ4n) is 3.86. The summed E-state index contributed by atoms with van der Waals surface area (Å²) in [5.41, 5.74) is 8.96. The second-order valence-corrected chi connectivity index (χ2v) is 7.58. The quantitative estimate of drug-likeness (QED) is 0.354. The van der Waals surface area contributed by atoms with Crippen LogP contribution in [0.1, 0.15) is 42.1 Å². The van der Waals surface area contributed by atoms with Crippen molar-refractivity contribution in [1.82, 2.24) is 4.98 Å². The van der Waals surface area contributed by atoms with Gasteiger partial charge in [0.25, 0.3) is 0 Å². The molecule has 0 amide bonds. The molecule has 1 heterocycles. The summed E-state index contributed by atoms with van der Waals surface area (Å²) >= 11 is 0. The lowest BCUT2D eigenvalue weighted by atomic mass is 9.96. The number of hydrogen-bond acceptors (Lipinski definition) is 1. The van der Waals surface area contributed by atoms with Crippen LogP contribution in [-0.2, 0) is 12.8 Å². The van der Waals surface area contributed by atoms with E-state index in [1.54, 1.807) is 0 Å². The van der Waals surface area contributed by atoms with Crippen LogP contribution in [0, 0.1) is 6.92 Å². The van der Waals surface area contributed by atoms with Crippen LogP contribution in [0.25, 0.3) is 22.0 Å². The van der Waals surface area contributed by atoms with Gasteiger partial charge in [0, 0.05) is 11.1 Å². The molecule has 0 unspecified atom stereocenters. The van der Waals surface area contributed by atoms with Gasteiger partial charge in [-0.3, -0.25) is 4.98 Å². The molecule has 0 aliphatic heterocycles. The minimum atomic E-state index is 0.941. The number of para-hydroxylation sites is 1. The van der Waals surface area contributed by atoms with Crippen molar-refractivity contribution in [3.63, 3.8) is 0 Å². The van der Waals surface area contributed by atoms with Crippen molar-refractivity contribution >= 4 is 10.9 Å². The van der Waals surface area contributed by atoms with E-state index in [1.165, 1.54) is 51.7 Å². The van der Waals surface area contributed by atoms with Gasteiger partial charge in [-0.2, -0.15) is 0 Å². The van der Waals surface area contributed by atoms with E-state index < -0.39 is 0 Å². The Hall–Kier alpha value is -2.93. The zero-order valence-corrected chi connectivity index (χ0v) is 16.8. The summed E-state index contributed by atoms with van der Waals surface area (Å²) in [6.07, 6.45) is 4.39. The number of fused-ring (bicyclic) bond motifs is 1. The highest BCUT2D eigenvalue weighted by Gasteiger charge is 2.08. The molecule has 0 saturated carbocycles. The third-order valence-electron chi connectivity index (χ3n) is 5.45. The van der Waals surface area contributed by atoms with Crippen molar-refractivity contribution in [2.24, 2.45) is 0 Å². The maximum Gasteiger partial charge on any atom is 0.0708 e. The molecule has 1 heteroatoms. The van der Waals surface area contributed by atoms with Gasteiger partial charge in [0.05, 0.1) is 5.52 Å². The number of benzene rings is 3. The maximum absolute atomic E-state index is 4.88. The van der Waals surface area contributed by atoms with Crippen LogP contribution in [0.5, 0.6) is 0 Å². The van der Waals surface area contributed by atoms with Crippen LogP contribution in [-0.4, -0.2) is 4.98 Å². The summed E-state index contributed by atoms with van der Waals surface area (Å²) in [4.78, 5) is 4.88. The molecule has 140 valence electrons. The average Bonchev–Trinajstić information content (AvgIpc) is 2.73. The number of pyridine rings is 1. The highest BCUT2D eigenvalue weighted by molar-refractivity contribution is 5.82. The lowest BCUT2D eigenvalue weighted by molar-refractivity contribution is 0.778. The number of nitrogens with zero attached hydrogens (tertiary/aromatic N) is 1. The molecule has 0 spiro atoms. The van der Waals surface area contributed by atoms with Gasteiger partial charge in [-0.1, -0.05) is 80.1 Å². The van der Waals surface area contributed by atoms with E-state index in [0.717, 1.165) is 18.4 Å². The first-order chi connectivity index (χ1) is 13.7. The minimum Gasteiger partial charge on any atom is -0.253 e. The molecule has 0 atom stereocenters. The van der Waals surface area contributed by atoms with Crippen LogP contribution in [0.2, 0.25) is 0 Å². The van der Waals surface area contributed by atoms with Gasteiger partial charge in [0.1, 0.15) is 0 Å². The number of aromatic nitrogens is 1. The van der Waals surface area contributed by atoms with Gasteiger partial charge in [-0.05, 0) is 66.1 Å². The lowest BCUT2D eigenvalue weighted by Crippen LogP contribution is -1.97. The number of unbranched alkanes of at least 4 members (excludes halogenated alkanes) is 1. The average molecular weight is 366 g/mol. The first-order valence-electron chi connectivity index (χ1n) is 10.3. The van der Waals surface area contributed by atoms with Crippen molar-refractivity contribution in [3.05, 3.63) is 101 Å². The van der Waals surface area contributed by atoms with Crippen molar-refractivity contribution in [2.75, 3.05) is 0 Å². The smallest absolute Gasteiger partial charge is 0.0708 e. The Balaban J connectivity index is 1.65. The summed E-state index contributed by atoms with van der Waals surface area (Å²) in [6.45, 7) is 4.40. The van der Waals surface area contributed by atoms with Gasteiger partial charge in [-0.25, -0.2) is 0 Å². The van der Waals surface area contributed by atoms with E-state index in [1.807, 2.05) is 0 Å². The Morgan fingerprint density at radius 1 is 0.821 bits per heavy atom. The molecule has 1 aromatic heterocycles. The fraction of sp³-hybridized carbons (Fsp3) is 0.222. The van der Waals surface area contributed by atoms with Crippen molar-refractivity contribution in [1.29, 1.82) is 0 Å². The second-order valence-electron chi connectivity index (χ2n) is 7.58. The van der Waals surface area contributed by atoms with E-state index in [2.05, 4.69) is 92.7 Å². The molecule has 28 heavy (non-hydrogen) atoms. The minimum absolute atomic E-state index is 0.941. The van der Waals surface area contributed by atoms with E-state index >= 15 is 0 Å². The Labute approximate surface area is 168 Å². The molecule has 0 fully saturated rings. The first-order valence-corrected chi connectivity index (χ1v) is 10.3. The molecule has 0 bridgehead atoms. The van der Waals surface area contributed by atoms with Gasteiger partial charge >= 0.3 is 0 Å². The van der Waals surface area contributed by atoms with Crippen molar-refractivity contribution in [2.45, 2.75) is 39.5 Å². The molecule has 0 aliphatic carbocycles. The van der Waals surface area contributed by atoms with Crippen LogP contribution in [0.4, 0.5) is 0 Å². The second kappa shape index (κ2) is 8.39. The molecule has 4 aromatic rings. The summed E-state index contributed by atoms with van der Waals surface area (Å²) < 4.78 is 0. The summed E-state index contributed by atoms with van der Waals surface area (Å²) in [5, 5.41) is 1.27. The van der Waals surface area contributed by atoms with Gasteiger partial charge in [0.15, 0.2) is 0 Å². The third-order valence-corrected chi connectivity index (χ3v) is 5.45. The van der Waals surface area contributed by atoms with Crippen molar-refractivity contribution < 1.29 is 0 Å². The molecule has 3 aromatic carbocycles. The van der Waals surface area contributed by atoms with Gasteiger partial charge in [-0.15, -0.1) is 0 Å². The largest absolute Gasteiger partial charge is 0.253 e. The Morgan fingerprint density at radius 3 is 2.36 bits per heavy atom. The molecule has 4 rings (SSSR count). The van der Waals surface area contributed by atoms with Gasteiger partial charge < -0.3 is 0 Å². The number of rotatable bonds is 6. The highest BCUT2D eigenvalue weighted by atomic mass is 14.7. The van der Waals surface area contributed by atoms with E-state index in [9.17, 15) is 0 Å². The monoisotopic (exact) mass is 365 g/mol. The molecule has 0 N–H and O–H groups in total. The maximum atomic E-state index is 4.88. The van der Waals surface area contributed by atoms with Gasteiger partial charge in [0.2, 0.25) is 0 Å². The predicted octanol–water partition coefficient (Wildman–Crippen LogP) is 7.14. The molecule has 0 radical (unpaired) electrons. The molecule has 1 nitrogen and oxygen atoms in total. The van der Waals surface area contributed by atoms with Crippen LogP contribution < -0.4 is 0 Å². The Bertz CT molecular complexity index is 1080. The standard InChI is InChI=1S/C27H27N/c1-3-4-10-24-19-23(26-12-7-8-13-27(26)28-24)18-21-14-16-22(17-15-21)25-11-6-5-9-20(25)2/h5-9,11-17,19H,3-4,10,18H2,1-2H3. The summed E-state index contributed by atoms with van der Waals surface area (Å²) in [7, 11) is 0. The number of hydrogen-bond donors (Lipinski definition) is 0. The normalized spacial score (nSPS) is 11.1. The third kappa shape index (κ3) is 3.99. The van der Waals surface area contributed by atoms with Crippen LogP contribution >= 0.6 is 0 Å². The van der Waals surface area contributed by atoms with E-state index in [-0.39, 0.29) is 0 Å². The summed E-state index contributed by atoms with van der Waals surface area (Å²) in [6, 6.07) is 28.4. The van der Waals surface area contributed by atoms with E-state index in [4.69, 9.17) is 4.98 Å². The zero-order chi connectivity index (χ0) is 19.3. The van der Waals surface area contributed by atoms with Crippen molar-refractivity contribution in [3.8, 4) is 11.1 Å². The zero-order valence-electron chi connectivity index (χ0n) is 16.8. The first kappa shape index (κ1) is 18.4. The highest BCUT2D eigenvalue weighted by Crippen LogP contribution is 2.26. The molecule has 0 aliphatic rings. The summed E-state index contributed by atoms with van der Waals surface area (Å²) in [5.74, 6) is 0. The fourth-order valence-corrected chi connectivity index (χ4v) is 3.86. The molecular formula is C27H27N. The van der Waals surface area contributed by atoms with Crippen LogP contribution in [0.3, 0.4) is 0 Å². The number of aryl methyl sites for hydroxylation is 2. The Morgan fingerprint density at radius 2 is 1.57 bits per heavy atom. The van der Waals surface area contributed by atoms with Crippen LogP contribution in [0.15, 0.2) is 78.9 Å². The Kier molecular flexibility index (Phi) is 5.53. The van der Waals surface area contributed by atoms with E-state index in [0.29, 0.717) is 0 Å². The lowest BCUT2D eigenvalue weighted by Gasteiger charge is -2.11. The topological polar surface area (TPSA) is 12.9 Å². The SMILES string of the molecule is CCCCc1cc(Cc2ccc(-c3ccccc3C)cc2)c2ccccc2n1. The molecular weight excluding hydrogens is 338 g/mol. The molecule has 0 saturated heterocycles.